The normalized spacial score (nSPS) is 19.4. The van der Waals surface area contributed by atoms with Crippen LogP contribution in [0, 0.1) is 10.1 Å². The summed E-state index contributed by atoms with van der Waals surface area (Å²) in [5, 5.41) is 14.0. The second-order valence-electron chi connectivity index (χ2n) is 4.86. The lowest BCUT2D eigenvalue weighted by Gasteiger charge is -2.36. The Morgan fingerprint density at radius 1 is 1.58 bits per heavy atom. The van der Waals surface area contributed by atoms with Gasteiger partial charge in [-0.3, -0.25) is 10.1 Å². The molecule has 1 saturated heterocycles. The van der Waals surface area contributed by atoms with Gasteiger partial charge in [0.15, 0.2) is 0 Å². The molecule has 1 aliphatic heterocycles. The molecule has 1 fully saturated rings. The van der Waals surface area contributed by atoms with E-state index in [9.17, 15) is 10.1 Å². The molecule has 2 rings (SSSR count). The van der Waals surface area contributed by atoms with Gasteiger partial charge in [-0.2, -0.15) is 0 Å². The van der Waals surface area contributed by atoms with E-state index in [-0.39, 0.29) is 10.6 Å². The first-order valence-corrected chi connectivity index (χ1v) is 6.74. The maximum absolute atomic E-state index is 10.8. The van der Waals surface area contributed by atoms with Crippen LogP contribution < -0.4 is 10.2 Å². The van der Waals surface area contributed by atoms with Gasteiger partial charge in [0.05, 0.1) is 11.0 Å². The van der Waals surface area contributed by atoms with Crippen LogP contribution in [0.4, 0.5) is 11.5 Å². The van der Waals surface area contributed by atoms with Gasteiger partial charge in [0, 0.05) is 24.8 Å². The van der Waals surface area contributed by atoms with Gasteiger partial charge >= 0.3 is 0 Å². The Labute approximate surface area is 113 Å². The van der Waals surface area contributed by atoms with Crippen LogP contribution in [0.5, 0.6) is 0 Å². The Balaban J connectivity index is 2.16. The fourth-order valence-corrected chi connectivity index (χ4v) is 2.59. The molecule has 2 heterocycles. The van der Waals surface area contributed by atoms with Gasteiger partial charge in [-0.15, -0.1) is 0 Å². The number of anilines is 1. The first-order chi connectivity index (χ1) is 9.22. The highest BCUT2D eigenvalue weighted by atomic mass is 16.6. The third-order valence-corrected chi connectivity index (χ3v) is 3.59. The van der Waals surface area contributed by atoms with Gasteiger partial charge in [-0.05, 0) is 39.3 Å². The number of hydrogen-bond donors (Lipinski definition) is 1. The number of aromatic nitrogens is 1. The van der Waals surface area contributed by atoms with Gasteiger partial charge in [-0.25, -0.2) is 4.98 Å². The largest absolute Gasteiger partial charge is 0.353 e. The Kier molecular flexibility index (Phi) is 4.68. The van der Waals surface area contributed by atoms with Gasteiger partial charge in [0.2, 0.25) is 0 Å². The fourth-order valence-electron chi connectivity index (χ4n) is 2.59. The first kappa shape index (κ1) is 13.7. The Morgan fingerprint density at radius 3 is 3.16 bits per heavy atom. The Bertz CT molecular complexity index is 438. The Hall–Kier alpha value is -1.69. The van der Waals surface area contributed by atoms with Crippen molar-refractivity contribution in [3.63, 3.8) is 0 Å². The zero-order valence-electron chi connectivity index (χ0n) is 11.2. The van der Waals surface area contributed by atoms with Crippen molar-refractivity contribution in [1.29, 1.82) is 0 Å². The van der Waals surface area contributed by atoms with E-state index in [1.807, 2.05) is 7.05 Å². The standard InChI is InChI=1S/C13H20N4O2/c1-14-7-5-11-4-2-3-9-16(11)13-10-12(17(18)19)6-8-15-13/h6,8,10-11,14H,2-5,7,9H2,1H3. The lowest BCUT2D eigenvalue weighted by Crippen LogP contribution is -2.41. The lowest BCUT2D eigenvalue weighted by atomic mass is 9.99. The van der Waals surface area contributed by atoms with Crippen LogP contribution in [0.3, 0.4) is 0 Å². The maximum Gasteiger partial charge on any atom is 0.274 e. The van der Waals surface area contributed by atoms with Crippen LogP contribution >= 0.6 is 0 Å². The molecule has 0 saturated carbocycles. The summed E-state index contributed by atoms with van der Waals surface area (Å²) in [6.45, 7) is 1.89. The van der Waals surface area contributed by atoms with Crippen LogP contribution in [0.25, 0.3) is 0 Å². The van der Waals surface area contributed by atoms with Gasteiger partial charge in [0.25, 0.3) is 5.69 Å². The molecule has 0 spiro atoms. The summed E-state index contributed by atoms with van der Waals surface area (Å²) in [5.41, 5.74) is 0.114. The third-order valence-electron chi connectivity index (χ3n) is 3.59. The van der Waals surface area contributed by atoms with E-state index < -0.39 is 0 Å². The van der Waals surface area contributed by atoms with E-state index in [2.05, 4.69) is 15.2 Å². The van der Waals surface area contributed by atoms with Crippen LogP contribution in [0.15, 0.2) is 18.3 Å². The number of nitrogens with zero attached hydrogens (tertiary/aromatic N) is 3. The van der Waals surface area contributed by atoms with Crippen LogP contribution in [-0.2, 0) is 0 Å². The molecule has 1 aliphatic rings. The van der Waals surface area contributed by atoms with Crippen molar-refractivity contribution >= 4 is 11.5 Å². The molecule has 0 bridgehead atoms. The molecule has 6 heteroatoms. The fraction of sp³-hybridized carbons (Fsp3) is 0.615. The highest BCUT2D eigenvalue weighted by molar-refractivity contribution is 5.47. The Morgan fingerprint density at radius 2 is 2.42 bits per heavy atom. The summed E-state index contributed by atoms with van der Waals surface area (Å²) >= 11 is 0. The minimum absolute atomic E-state index is 0.114. The molecule has 1 aromatic heterocycles. The molecule has 0 amide bonds. The van der Waals surface area contributed by atoms with Gasteiger partial charge in [-0.1, -0.05) is 0 Å². The highest BCUT2D eigenvalue weighted by Crippen LogP contribution is 2.26. The molecule has 1 N–H and O–H groups in total. The second-order valence-corrected chi connectivity index (χ2v) is 4.86. The molecule has 6 nitrogen and oxygen atoms in total. The van der Waals surface area contributed by atoms with Crippen molar-refractivity contribution < 1.29 is 4.92 Å². The topological polar surface area (TPSA) is 71.3 Å². The van der Waals surface area contributed by atoms with E-state index in [1.54, 1.807) is 6.07 Å². The van der Waals surface area contributed by atoms with E-state index in [0.717, 1.165) is 38.2 Å². The number of hydrogen-bond acceptors (Lipinski definition) is 5. The van der Waals surface area contributed by atoms with Crippen molar-refractivity contribution in [3.05, 3.63) is 28.4 Å². The van der Waals surface area contributed by atoms with E-state index in [4.69, 9.17) is 0 Å². The number of nitrogens with one attached hydrogen (secondary N) is 1. The first-order valence-electron chi connectivity index (χ1n) is 6.74. The molecule has 1 aromatic rings. The zero-order chi connectivity index (χ0) is 13.7. The van der Waals surface area contributed by atoms with E-state index in [1.165, 1.54) is 18.7 Å². The average molecular weight is 264 g/mol. The smallest absolute Gasteiger partial charge is 0.274 e. The number of rotatable bonds is 5. The average Bonchev–Trinajstić information content (AvgIpc) is 2.45. The molecule has 0 aliphatic carbocycles. The van der Waals surface area contributed by atoms with Crippen LogP contribution in [-0.4, -0.2) is 36.1 Å². The predicted octanol–water partition coefficient (Wildman–Crippen LogP) is 1.96. The molecular weight excluding hydrogens is 244 g/mol. The molecule has 19 heavy (non-hydrogen) atoms. The molecule has 104 valence electrons. The number of piperidine rings is 1. The van der Waals surface area contributed by atoms with E-state index >= 15 is 0 Å². The minimum atomic E-state index is -0.363. The van der Waals surface area contributed by atoms with Gasteiger partial charge < -0.3 is 10.2 Å². The monoisotopic (exact) mass is 264 g/mol. The summed E-state index contributed by atoms with van der Waals surface area (Å²) in [7, 11) is 1.94. The summed E-state index contributed by atoms with van der Waals surface area (Å²) in [5.74, 6) is 0.731. The summed E-state index contributed by atoms with van der Waals surface area (Å²) in [6, 6.07) is 3.45. The molecule has 1 unspecified atom stereocenters. The number of nitro groups is 1. The third kappa shape index (κ3) is 3.41. The maximum atomic E-state index is 10.8. The minimum Gasteiger partial charge on any atom is -0.353 e. The molecule has 0 radical (unpaired) electrons. The summed E-state index contributed by atoms with van der Waals surface area (Å²) in [4.78, 5) is 17.0. The van der Waals surface area contributed by atoms with Crippen LogP contribution in [0.1, 0.15) is 25.7 Å². The van der Waals surface area contributed by atoms with Crippen molar-refractivity contribution in [2.75, 3.05) is 25.0 Å². The summed E-state index contributed by atoms with van der Waals surface area (Å²) < 4.78 is 0. The SMILES string of the molecule is CNCCC1CCCCN1c1cc([N+](=O)[O-])ccn1. The molecular formula is C13H20N4O2. The van der Waals surface area contributed by atoms with E-state index in [0.29, 0.717) is 6.04 Å². The highest BCUT2D eigenvalue weighted by Gasteiger charge is 2.24. The van der Waals surface area contributed by atoms with Crippen LogP contribution in [0.2, 0.25) is 0 Å². The van der Waals surface area contributed by atoms with Gasteiger partial charge in [0.1, 0.15) is 5.82 Å². The van der Waals surface area contributed by atoms with Crippen molar-refractivity contribution in [1.82, 2.24) is 10.3 Å². The lowest BCUT2D eigenvalue weighted by molar-refractivity contribution is -0.384. The summed E-state index contributed by atoms with van der Waals surface area (Å²) in [6.07, 6.45) is 6.05. The van der Waals surface area contributed by atoms with Crippen molar-refractivity contribution in [2.45, 2.75) is 31.7 Å². The number of pyridine rings is 1. The molecule has 1 atom stereocenters. The van der Waals surface area contributed by atoms with Crippen molar-refractivity contribution in [3.8, 4) is 0 Å². The van der Waals surface area contributed by atoms with Crippen molar-refractivity contribution in [2.24, 2.45) is 0 Å². The zero-order valence-corrected chi connectivity index (χ0v) is 11.2. The predicted molar refractivity (Wildman–Crippen MR) is 74.4 cm³/mol. The molecule has 0 aromatic carbocycles. The quantitative estimate of drug-likeness (QED) is 0.650. The second kappa shape index (κ2) is 6.47.